The van der Waals surface area contributed by atoms with Gasteiger partial charge in [-0.25, -0.2) is 0 Å². The summed E-state index contributed by atoms with van der Waals surface area (Å²) in [6, 6.07) is 0. The lowest BCUT2D eigenvalue weighted by atomic mass is 9.98. The minimum Gasteiger partial charge on any atom is -0.481 e. The van der Waals surface area contributed by atoms with E-state index in [1.807, 2.05) is 0 Å². The summed E-state index contributed by atoms with van der Waals surface area (Å²) in [5, 5.41) is 16.8. The van der Waals surface area contributed by atoms with Crippen molar-refractivity contribution in [3.05, 3.63) is 12.7 Å². The van der Waals surface area contributed by atoms with Gasteiger partial charge in [0, 0.05) is 12.8 Å². The Kier molecular flexibility index (Phi) is 4.76. The Bertz CT molecular complexity index is 169. The van der Waals surface area contributed by atoms with Crippen LogP contribution in [-0.2, 0) is 9.59 Å². The van der Waals surface area contributed by atoms with Gasteiger partial charge in [-0.2, -0.15) is 0 Å². The van der Waals surface area contributed by atoms with Crippen molar-refractivity contribution in [2.24, 2.45) is 5.92 Å². The highest BCUT2D eigenvalue weighted by Crippen LogP contribution is 2.13. The van der Waals surface area contributed by atoms with Crippen LogP contribution < -0.4 is 0 Å². The minimum atomic E-state index is -0.969. The highest BCUT2D eigenvalue weighted by atomic mass is 16.4. The first-order valence-electron chi connectivity index (χ1n) is 3.60. The Labute approximate surface area is 70.5 Å². The molecule has 0 saturated carbocycles. The second-order valence-electron chi connectivity index (χ2n) is 2.59. The summed E-state index contributed by atoms with van der Waals surface area (Å²) >= 11 is 0. The molecule has 0 aliphatic carbocycles. The van der Waals surface area contributed by atoms with Gasteiger partial charge >= 0.3 is 11.9 Å². The van der Waals surface area contributed by atoms with Gasteiger partial charge in [0.25, 0.3) is 0 Å². The minimum absolute atomic E-state index is 0.113. The number of hydrogen-bond donors (Lipinski definition) is 2. The Morgan fingerprint density at radius 2 is 1.67 bits per heavy atom. The number of aliphatic carboxylic acids is 2. The van der Waals surface area contributed by atoms with E-state index in [9.17, 15) is 9.59 Å². The fraction of sp³-hybridized carbons (Fsp3) is 0.500. The fourth-order valence-electron chi connectivity index (χ4n) is 0.968. The predicted molar refractivity (Wildman–Crippen MR) is 42.8 cm³/mol. The average molecular weight is 172 g/mol. The van der Waals surface area contributed by atoms with Crippen molar-refractivity contribution in [1.82, 2.24) is 0 Å². The second-order valence-corrected chi connectivity index (χ2v) is 2.59. The van der Waals surface area contributed by atoms with Gasteiger partial charge in [0.2, 0.25) is 0 Å². The van der Waals surface area contributed by atoms with E-state index >= 15 is 0 Å². The molecule has 68 valence electrons. The fourth-order valence-corrected chi connectivity index (χ4v) is 0.968. The Balaban J connectivity index is 3.93. The van der Waals surface area contributed by atoms with Crippen LogP contribution in [0.25, 0.3) is 0 Å². The molecule has 0 aliphatic heterocycles. The molecule has 4 nitrogen and oxygen atoms in total. The van der Waals surface area contributed by atoms with E-state index in [1.54, 1.807) is 0 Å². The molecule has 0 saturated heterocycles. The maximum absolute atomic E-state index is 10.2. The van der Waals surface area contributed by atoms with Crippen LogP contribution in [0.3, 0.4) is 0 Å². The zero-order valence-electron chi connectivity index (χ0n) is 6.69. The van der Waals surface area contributed by atoms with Crippen molar-refractivity contribution in [2.45, 2.75) is 19.3 Å². The highest BCUT2D eigenvalue weighted by molar-refractivity contribution is 5.70. The summed E-state index contributed by atoms with van der Waals surface area (Å²) in [4.78, 5) is 20.5. The molecule has 0 aliphatic rings. The zero-order chi connectivity index (χ0) is 9.56. The first-order valence-corrected chi connectivity index (χ1v) is 3.60. The van der Waals surface area contributed by atoms with Crippen molar-refractivity contribution in [3.8, 4) is 0 Å². The third-order valence-electron chi connectivity index (χ3n) is 1.43. The molecule has 0 heterocycles. The van der Waals surface area contributed by atoms with Crippen LogP contribution in [0, 0.1) is 5.92 Å². The number of carbonyl (C=O) groups is 2. The molecule has 12 heavy (non-hydrogen) atoms. The van der Waals surface area contributed by atoms with Crippen LogP contribution in [0.2, 0.25) is 0 Å². The molecular weight excluding hydrogens is 160 g/mol. The molecular formula is C8H12O4. The third-order valence-corrected chi connectivity index (χ3v) is 1.43. The topological polar surface area (TPSA) is 74.6 Å². The van der Waals surface area contributed by atoms with E-state index in [2.05, 4.69) is 6.58 Å². The van der Waals surface area contributed by atoms with Gasteiger partial charge < -0.3 is 10.2 Å². The molecule has 0 radical (unpaired) electrons. The summed E-state index contributed by atoms with van der Waals surface area (Å²) in [5.74, 6) is -2.27. The van der Waals surface area contributed by atoms with E-state index in [0.717, 1.165) is 0 Å². The molecule has 0 bridgehead atoms. The number of carboxylic acid groups (broad SMARTS) is 2. The maximum Gasteiger partial charge on any atom is 0.303 e. The Morgan fingerprint density at radius 1 is 1.25 bits per heavy atom. The van der Waals surface area contributed by atoms with Gasteiger partial charge in [-0.1, -0.05) is 6.08 Å². The van der Waals surface area contributed by atoms with Crippen LogP contribution in [0.4, 0.5) is 0 Å². The lowest BCUT2D eigenvalue weighted by Gasteiger charge is -2.08. The first-order chi connectivity index (χ1) is 5.56. The quantitative estimate of drug-likeness (QED) is 0.589. The number of hydrogen-bond acceptors (Lipinski definition) is 2. The van der Waals surface area contributed by atoms with Crippen LogP contribution in [-0.4, -0.2) is 22.2 Å². The van der Waals surface area contributed by atoms with Gasteiger partial charge in [-0.05, 0) is 12.3 Å². The largest absolute Gasteiger partial charge is 0.481 e. The van der Waals surface area contributed by atoms with E-state index in [4.69, 9.17) is 10.2 Å². The molecule has 0 atom stereocenters. The standard InChI is InChI=1S/C8H12O4/c1-2-3-6(4-7(9)10)5-8(11)12/h2,6H,1,3-5H2,(H,9,10)(H,11,12). The van der Waals surface area contributed by atoms with E-state index in [-0.39, 0.29) is 18.8 Å². The number of carboxylic acids is 2. The molecule has 4 heteroatoms. The molecule has 0 aromatic heterocycles. The first kappa shape index (κ1) is 10.7. The molecule has 0 unspecified atom stereocenters. The van der Waals surface area contributed by atoms with E-state index in [1.165, 1.54) is 6.08 Å². The summed E-state index contributed by atoms with van der Waals surface area (Å²) in [7, 11) is 0. The van der Waals surface area contributed by atoms with Crippen LogP contribution in [0.5, 0.6) is 0 Å². The van der Waals surface area contributed by atoms with Crippen LogP contribution in [0.15, 0.2) is 12.7 Å². The molecule has 0 aromatic rings. The van der Waals surface area contributed by atoms with Crippen molar-refractivity contribution in [3.63, 3.8) is 0 Å². The van der Waals surface area contributed by atoms with Gasteiger partial charge in [0.1, 0.15) is 0 Å². The average Bonchev–Trinajstić information content (AvgIpc) is 1.84. The second kappa shape index (κ2) is 5.35. The molecule has 0 spiro atoms. The van der Waals surface area contributed by atoms with Crippen molar-refractivity contribution < 1.29 is 19.8 Å². The molecule has 0 aromatic carbocycles. The summed E-state index contributed by atoms with van der Waals surface area (Å²) in [6.45, 7) is 3.43. The summed E-state index contributed by atoms with van der Waals surface area (Å²) in [6.07, 6.45) is 1.74. The van der Waals surface area contributed by atoms with Crippen molar-refractivity contribution >= 4 is 11.9 Å². The smallest absolute Gasteiger partial charge is 0.303 e. The van der Waals surface area contributed by atoms with Gasteiger partial charge in [-0.3, -0.25) is 9.59 Å². The molecule has 2 N–H and O–H groups in total. The SMILES string of the molecule is C=CCC(CC(=O)O)CC(=O)O. The zero-order valence-corrected chi connectivity index (χ0v) is 6.69. The predicted octanol–water partition coefficient (Wildman–Crippen LogP) is 1.13. The summed E-state index contributed by atoms with van der Waals surface area (Å²) in [5.41, 5.74) is 0. The Morgan fingerprint density at radius 3 is 1.92 bits per heavy atom. The summed E-state index contributed by atoms with van der Waals surface area (Å²) < 4.78 is 0. The highest BCUT2D eigenvalue weighted by Gasteiger charge is 2.14. The van der Waals surface area contributed by atoms with Gasteiger partial charge in [-0.15, -0.1) is 6.58 Å². The van der Waals surface area contributed by atoms with E-state index in [0.29, 0.717) is 6.42 Å². The lowest BCUT2D eigenvalue weighted by molar-refractivity contribution is -0.140. The Hall–Kier alpha value is -1.32. The maximum atomic E-state index is 10.2. The number of allylic oxidation sites excluding steroid dienone is 1. The van der Waals surface area contributed by atoms with E-state index < -0.39 is 11.9 Å². The van der Waals surface area contributed by atoms with Gasteiger partial charge in [0.15, 0.2) is 0 Å². The lowest BCUT2D eigenvalue weighted by Crippen LogP contribution is -2.11. The van der Waals surface area contributed by atoms with Crippen molar-refractivity contribution in [1.29, 1.82) is 0 Å². The van der Waals surface area contributed by atoms with Crippen LogP contribution >= 0.6 is 0 Å². The van der Waals surface area contributed by atoms with Crippen LogP contribution in [0.1, 0.15) is 19.3 Å². The molecule has 0 fully saturated rings. The van der Waals surface area contributed by atoms with Crippen molar-refractivity contribution in [2.75, 3.05) is 0 Å². The molecule has 0 amide bonds. The van der Waals surface area contributed by atoms with Gasteiger partial charge in [0.05, 0.1) is 0 Å². The monoisotopic (exact) mass is 172 g/mol. The normalized spacial score (nSPS) is 9.75. The molecule has 0 rings (SSSR count). The third kappa shape index (κ3) is 5.46. The number of rotatable bonds is 6.